The van der Waals surface area contributed by atoms with Gasteiger partial charge in [-0.1, -0.05) is 0 Å². The second-order valence-electron chi connectivity index (χ2n) is 6.63. The molecule has 2 aromatic heterocycles. The highest BCUT2D eigenvalue weighted by molar-refractivity contribution is 7.66. The van der Waals surface area contributed by atoms with Gasteiger partial charge in [-0.2, -0.15) is 8.62 Å². The highest BCUT2D eigenvalue weighted by Crippen LogP contribution is 2.66. The standard InChI is InChI=1S/C12H20N5O13P3/c1-5-15-10(13-2)7-11(16-5)17(4-14-7)12-9(19)8(18)6(28-12)3-27-32(23,24)30-33(25,26)29-31(20,21)22/h4,6,8-9,12,18-19H,3H2,1-2H3,(H,23,24)(H,25,26)(H,13,15,16)(H2,20,21,22). The zero-order valence-corrected chi connectivity index (χ0v) is 19.4. The molecule has 3 rings (SSSR count). The molecule has 0 bridgehead atoms. The van der Waals surface area contributed by atoms with Crippen LogP contribution in [-0.2, 0) is 31.6 Å². The zero-order chi connectivity index (χ0) is 24.8. The van der Waals surface area contributed by atoms with E-state index in [9.17, 15) is 28.8 Å². The van der Waals surface area contributed by atoms with E-state index in [0.717, 1.165) is 0 Å². The molecule has 1 fully saturated rings. The van der Waals surface area contributed by atoms with Crippen molar-refractivity contribution in [2.75, 3.05) is 19.0 Å². The van der Waals surface area contributed by atoms with E-state index < -0.39 is 54.6 Å². The zero-order valence-electron chi connectivity index (χ0n) is 16.8. The first-order chi connectivity index (χ1) is 15.1. The predicted molar refractivity (Wildman–Crippen MR) is 105 cm³/mol. The lowest BCUT2D eigenvalue weighted by Gasteiger charge is -2.19. The van der Waals surface area contributed by atoms with Gasteiger partial charge in [-0.15, -0.1) is 0 Å². The predicted octanol–water partition coefficient (Wildman–Crippen LogP) is -0.861. The maximum atomic E-state index is 11.9. The number of phosphoric acid groups is 3. The Morgan fingerprint density at radius 2 is 1.76 bits per heavy atom. The van der Waals surface area contributed by atoms with Gasteiger partial charge in [0.1, 0.15) is 24.1 Å². The number of anilines is 1. The third kappa shape index (κ3) is 6.21. The van der Waals surface area contributed by atoms with Crippen LogP contribution in [0, 0.1) is 6.92 Å². The van der Waals surface area contributed by atoms with Gasteiger partial charge in [-0.25, -0.2) is 28.6 Å². The van der Waals surface area contributed by atoms with E-state index in [1.165, 1.54) is 10.9 Å². The number of hydrogen-bond donors (Lipinski definition) is 7. The van der Waals surface area contributed by atoms with Crippen molar-refractivity contribution in [1.29, 1.82) is 0 Å². The normalized spacial score (nSPS) is 27.4. The van der Waals surface area contributed by atoms with Crippen LogP contribution in [0.1, 0.15) is 12.1 Å². The van der Waals surface area contributed by atoms with Crippen LogP contribution in [0.2, 0.25) is 0 Å². The Labute approximate surface area is 184 Å². The van der Waals surface area contributed by atoms with Crippen LogP contribution in [0.4, 0.5) is 5.82 Å². The Kier molecular flexibility index (Phi) is 7.44. The number of aromatic nitrogens is 4. The molecule has 0 radical (unpaired) electrons. The summed E-state index contributed by atoms with van der Waals surface area (Å²) in [5.41, 5.74) is 0.585. The summed E-state index contributed by atoms with van der Waals surface area (Å²) < 4.78 is 52.3. The summed E-state index contributed by atoms with van der Waals surface area (Å²) in [6, 6.07) is 0. The average Bonchev–Trinajstić information content (AvgIpc) is 3.18. The molecule has 186 valence electrons. The van der Waals surface area contributed by atoms with Gasteiger partial charge in [-0.05, 0) is 6.92 Å². The number of phosphoric ester groups is 1. The molecule has 6 unspecified atom stereocenters. The highest BCUT2D eigenvalue weighted by atomic mass is 31.3. The monoisotopic (exact) mass is 535 g/mol. The summed E-state index contributed by atoms with van der Waals surface area (Å²) in [5, 5.41) is 23.5. The topological polar surface area (TPSA) is 265 Å². The molecule has 2 aromatic rings. The van der Waals surface area contributed by atoms with E-state index in [-0.39, 0.29) is 5.65 Å². The lowest BCUT2D eigenvalue weighted by atomic mass is 10.1. The van der Waals surface area contributed by atoms with E-state index in [0.29, 0.717) is 17.2 Å². The van der Waals surface area contributed by atoms with Crippen LogP contribution in [0.15, 0.2) is 6.33 Å². The highest BCUT2D eigenvalue weighted by Gasteiger charge is 2.47. The molecule has 0 aliphatic carbocycles. The van der Waals surface area contributed by atoms with Crippen LogP contribution in [0.5, 0.6) is 0 Å². The minimum absolute atomic E-state index is 0.247. The second kappa shape index (κ2) is 9.36. The van der Waals surface area contributed by atoms with Gasteiger partial charge < -0.3 is 39.8 Å². The van der Waals surface area contributed by atoms with Crippen molar-refractivity contribution in [2.45, 2.75) is 31.5 Å². The SMILES string of the molecule is CNc1nc(C)nc2c1ncn2C1OC(COP(=O)(O)OP(=O)(O)OP(=O)(O)O)C(O)C1O. The lowest BCUT2D eigenvalue weighted by molar-refractivity contribution is -0.0503. The third-order valence-corrected chi connectivity index (χ3v) is 8.00. The number of nitrogens with one attached hydrogen (secondary N) is 1. The van der Waals surface area contributed by atoms with E-state index in [1.54, 1.807) is 14.0 Å². The Bertz CT molecular complexity index is 1170. The molecular formula is C12H20N5O13P3. The fourth-order valence-corrected chi connectivity index (χ4v) is 5.98. The van der Waals surface area contributed by atoms with Gasteiger partial charge in [0, 0.05) is 7.05 Å². The van der Waals surface area contributed by atoms with Gasteiger partial charge in [0.25, 0.3) is 0 Å². The summed E-state index contributed by atoms with van der Waals surface area (Å²) >= 11 is 0. The number of fused-ring (bicyclic) bond motifs is 1. The molecule has 0 amide bonds. The minimum atomic E-state index is -5.70. The first kappa shape index (κ1) is 26.2. The molecule has 33 heavy (non-hydrogen) atoms. The van der Waals surface area contributed by atoms with Crippen LogP contribution in [0.25, 0.3) is 11.2 Å². The number of imidazole rings is 1. The molecule has 21 heteroatoms. The van der Waals surface area contributed by atoms with Gasteiger partial charge in [0.15, 0.2) is 23.2 Å². The second-order valence-corrected chi connectivity index (χ2v) is 11.0. The van der Waals surface area contributed by atoms with E-state index in [4.69, 9.17) is 19.4 Å². The molecule has 0 spiro atoms. The van der Waals surface area contributed by atoms with Crippen molar-refractivity contribution < 1.29 is 61.4 Å². The largest absolute Gasteiger partial charge is 0.490 e. The van der Waals surface area contributed by atoms with Crippen LogP contribution >= 0.6 is 23.5 Å². The number of ether oxygens (including phenoxy) is 1. The first-order valence-electron chi connectivity index (χ1n) is 8.81. The molecule has 1 aliphatic heterocycles. The van der Waals surface area contributed by atoms with Crippen LogP contribution < -0.4 is 5.32 Å². The summed E-state index contributed by atoms with van der Waals surface area (Å²) in [7, 11) is -15.1. The Balaban J connectivity index is 1.73. The Morgan fingerprint density at radius 1 is 1.09 bits per heavy atom. The molecule has 6 atom stereocenters. The van der Waals surface area contributed by atoms with Gasteiger partial charge >= 0.3 is 23.5 Å². The number of aryl methyl sites for hydroxylation is 1. The average molecular weight is 535 g/mol. The molecule has 1 saturated heterocycles. The van der Waals surface area contributed by atoms with Gasteiger partial charge in [0.05, 0.1) is 12.9 Å². The summed E-state index contributed by atoms with van der Waals surface area (Å²) in [6.45, 7) is 0.671. The molecule has 3 heterocycles. The maximum absolute atomic E-state index is 11.9. The van der Waals surface area contributed by atoms with Crippen LogP contribution in [0.3, 0.4) is 0 Å². The molecular weight excluding hydrogens is 515 g/mol. The van der Waals surface area contributed by atoms with Crippen molar-refractivity contribution in [3.05, 3.63) is 12.2 Å². The lowest BCUT2D eigenvalue weighted by Crippen LogP contribution is -2.33. The van der Waals surface area contributed by atoms with Gasteiger partial charge in [0.2, 0.25) is 0 Å². The number of aliphatic hydroxyl groups is 2. The fourth-order valence-electron chi connectivity index (χ4n) is 2.95. The van der Waals surface area contributed by atoms with Crippen molar-refractivity contribution in [2.24, 2.45) is 0 Å². The minimum Gasteiger partial charge on any atom is -0.387 e. The van der Waals surface area contributed by atoms with Crippen molar-refractivity contribution in [3.8, 4) is 0 Å². The molecule has 1 aliphatic rings. The quantitative estimate of drug-likeness (QED) is 0.192. The van der Waals surface area contributed by atoms with E-state index in [2.05, 4.69) is 33.4 Å². The number of aliphatic hydroxyl groups excluding tert-OH is 2. The van der Waals surface area contributed by atoms with Gasteiger partial charge in [-0.3, -0.25) is 9.09 Å². The van der Waals surface area contributed by atoms with E-state index in [1.807, 2.05) is 0 Å². The number of nitrogens with zero attached hydrogens (tertiary/aromatic N) is 4. The summed E-state index contributed by atoms with van der Waals surface area (Å²) in [5.74, 6) is 0.763. The van der Waals surface area contributed by atoms with Crippen LogP contribution in [-0.4, -0.2) is 81.3 Å². The smallest absolute Gasteiger partial charge is 0.387 e. The first-order valence-corrected chi connectivity index (χ1v) is 13.3. The van der Waals surface area contributed by atoms with Crippen molar-refractivity contribution in [3.63, 3.8) is 0 Å². The number of rotatable bonds is 9. The molecule has 7 N–H and O–H groups in total. The fraction of sp³-hybridized carbons (Fsp3) is 0.583. The number of hydrogen-bond acceptors (Lipinski definition) is 13. The summed E-state index contributed by atoms with van der Waals surface area (Å²) in [4.78, 5) is 48.3. The molecule has 18 nitrogen and oxygen atoms in total. The van der Waals surface area contributed by atoms with Crippen molar-refractivity contribution >= 4 is 40.4 Å². The Morgan fingerprint density at radius 3 is 2.36 bits per heavy atom. The van der Waals surface area contributed by atoms with E-state index >= 15 is 0 Å². The molecule has 0 aromatic carbocycles. The molecule has 0 saturated carbocycles. The maximum Gasteiger partial charge on any atom is 0.490 e. The summed E-state index contributed by atoms with van der Waals surface area (Å²) in [6.07, 6.45) is -4.68. The third-order valence-electron chi connectivity index (χ3n) is 4.20. The Hall–Kier alpha value is -1.36. The van der Waals surface area contributed by atoms with Crippen molar-refractivity contribution in [1.82, 2.24) is 19.5 Å².